The van der Waals surface area contributed by atoms with Crippen molar-refractivity contribution in [1.82, 2.24) is 9.78 Å². The first-order valence-corrected chi connectivity index (χ1v) is 9.64. The number of carbonyl (C=O) groups excluding carboxylic acids is 1. The standard InChI is InChI=1S/C17H24N4O3S/c1-5-21(14(4)22)16-8-6-15(7-9-16)19-25(23,24)17-10-18-20(12-17)11-13(2)3/h6-10,12-13,19H,5,11H2,1-4H3. The smallest absolute Gasteiger partial charge is 0.265 e. The Kier molecular flexibility index (Phi) is 5.84. The molecule has 0 spiro atoms. The molecule has 136 valence electrons. The van der Waals surface area contributed by atoms with Crippen LogP contribution in [0.4, 0.5) is 11.4 Å². The van der Waals surface area contributed by atoms with Crippen molar-refractivity contribution in [3.8, 4) is 0 Å². The Morgan fingerprint density at radius 1 is 1.28 bits per heavy atom. The molecule has 1 amide bonds. The van der Waals surface area contributed by atoms with E-state index in [2.05, 4.69) is 9.82 Å². The molecule has 1 heterocycles. The Labute approximate surface area is 148 Å². The van der Waals surface area contributed by atoms with Gasteiger partial charge in [-0.05, 0) is 37.1 Å². The number of benzene rings is 1. The summed E-state index contributed by atoms with van der Waals surface area (Å²) in [4.78, 5) is 13.3. The van der Waals surface area contributed by atoms with Crippen molar-refractivity contribution >= 4 is 27.3 Å². The predicted molar refractivity (Wildman–Crippen MR) is 98.0 cm³/mol. The van der Waals surface area contributed by atoms with Crippen molar-refractivity contribution in [3.63, 3.8) is 0 Å². The number of nitrogens with zero attached hydrogens (tertiary/aromatic N) is 3. The van der Waals surface area contributed by atoms with Crippen molar-refractivity contribution < 1.29 is 13.2 Å². The molecule has 0 bridgehead atoms. The predicted octanol–water partition coefficient (Wildman–Crippen LogP) is 2.71. The third-order valence-electron chi connectivity index (χ3n) is 3.60. The van der Waals surface area contributed by atoms with Gasteiger partial charge in [0.1, 0.15) is 4.90 Å². The lowest BCUT2D eigenvalue weighted by molar-refractivity contribution is -0.116. The molecule has 1 aromatic heterocycles. The Hall–Kier alpha value is -2.35. The first-order chi connectivity index (χ1) is 11.7. The lowest BCUT2D eigenvalue weighted by Gasteiger charge is -2.19. The summed E-state index contributed by atoms with van der Waals surface area (Å²) in [6.07, 6.45) is 2.86. The minimum atomic E-state index is -3.70. The van der Waals surface area contributed by atoms with Crippen molar-refractivity contribution in [2.75, 3.05) is 16.2 Å². The number of anilines is 2. The van der Waals surface area contributed by atoms with E-state index in [1.165, 1.54) is 19.3 Å². The van der Waals surface area contributed by atoms with Crippen LogP contribution in [0.3, 0.4) is 0 Å². The van der Waals surface area contributed by atoms with Crippen LogP contribution in [-0.2, 0) is 21.4 Å². The van der Waals surface area contributed by atoms with Crippen LogP contribution in [0, 0.1) is 5.92 Å². The molecule has 1 N–H and O–H groups in total. The normalized spacial score (nSPS) is 11.6. The summed E-state index contributed by atoms with van der Waals surface area (Å²) >= 11 is 0. The van der Waals surface area contributed by atoms with E-state index in [0.717, 1.165) is 5.69 Å². The Morgan fingerprint density at radius 2 is 1.92 bits per heavy atom. The molecule has 0 radical (unpaired) electrons. The number of hydrogen-bond acceptors (Lipinski definition) is 4. The molecule has 2 rings (SSSR count). The number of nitrogens with one attached hydrogen (secondary N) is 1. The summed E-state index contributed by atoms with van der Waals surface area (Å²) in [5.74, 6) is 0.312. The minimum Gasteiger partial charge on any atom is -0.313 e. The molecular formula is C17H24N4O3S. The molecule has 8 heteroatoms. The zero-order chi connectivity index (χ0) is 18.6. The summed E-state index contributed by atoms with van der Waals surface area (Å²) < 4.78 is 29.1. The molecule has 7 nitrogen and oxygen atoms in total. The van der Waals surface area contributed by atoms with Gasteiger partial charge in [-0.15, -0.1) is 0 Å². The maximum atomic E-state index is 12.5. The summed E-state index contributed by atoms with van der Waals surface area (Å²) in [6.45, 7) is 8.66. The number of carbonyl (C=O) groups is 1. The molecule has 0 fully saturated rings. The molecule has 25 heavy (non-hydrogen) atoms. The molecule has 0 aliphatic carbocycles. The van der Waals surface area contributed by atoms with Gasteiger partial charge in [-0.2, -0.15) is 5.10 Å². The molecule has 1 aromatic carbocycles. The largest absolute Gasteiger partial charge is 0.313 e. The van der Waals surface area contributed by atoms with E-state index in [4.69, 9.17) is 0 Å². The quantitative estimate of drug-likeness (QED) is 0.819. The molecule has 0 unspecified atom stereocenters. The number of aromatic nitrogens is 2. The number of hydrogen-bond donors (Lipinski definition) is 1. The summed E-state index contributed by atoms with van der Waals surface area (Å²) in [7, 11) is -3.70. The maximum Gasteiger partial charge on any atom is 0.265 e. The lowest BCUT2D eigenvalue weighted by Crippen LogP contribution is -2.27. The van der Waals surface area contributed by atoms with Gasteiger partial charge in [0.25, 0.3) is 10.0 Å². The second-order valence-electron chi connectivity index (χ2n) is 6.21. The lowest BCUT2D eigenvalue weighted by atomic mass is 10.2. The fourth-order valence-electron chi connectivity index (χ4n) is 2.47. The average molecular weight is 364 g/mol. The molecule has 0 saturated heterocycles. The van der Waals surface area contributed by atoms with Gasteiger partial charge in [-0.3, -0.25) is 14.2 Å². The Bertz CT molecular complexity index is 826. The van der Waals surface area contributed by atoms with Gasteiger partial charge in [0.05, 0.1) is 6.20 Å². The first-order valence-electron chi connectivity index (χ1n) is 8.16. The fourth-order valence-corrected chi connectivity index (χ4v) is 3.48. The SMILES string of the molecule is CCN(C(C)=O)c1ccc(NS(=O)(=O)c2cnn(CC(C)C)c2)cc1. The van der Waals surface area contributed by atoms with E-state index < -0.39 is 10.0 Å². The summed E-state index contributed by atoms with van der Waals surface area (Å²) in [5.41, 5.74) is 1.16. The van der Waals surface area contributed by atoms with E-state index in [-0.39, 0.29) is 10.8 Å². The van der Waals surface area contributed by atoms with E-state index in [1.54, 1.807) is 33.8 Å². The highest BCUT2D eigenvalue weighted by Crippen LogP contribution is 2.21. The highest BCUT2D eigenvalue weighted by atomic mass is 32.2. The highest BCUT2D eigenvalue weighted by Gasteiger charge is 2.17. The molecule has 0 atom stereocenters. The van der Waals surface area contributed by atoms with Crippen molar-refractivity contribution in [2.24, 2.45) is 5.92 Å². The van der Waals surface area contributed by atoms with Crippen LogP contribution in [0.25, 0.3) is 0 Å². The third-order valence-corrected chi connectivity index (χ3v) is 4.94. The van der Waals surface area contributed by atoms with Gasteiger partial charge in [-0.1, -0.05) is 13.8 Å². The summed E-state index contributed by atoms with van der Waals surface area (Å²) in [5, 5.41) is 4.09. The minimum absolute atomic E-state index is 0.0617. The van der Waals surface area contributed by atoms with Crippen LogP contribution in [0.15, 0.2) is 41.6 Å². The van der Waals surface area contributed by atoms with Crippen molar-refractivity contribution in [1.29, 1.82) is 0 Å². The third kappa shape index (κ3) is 4.82. The van der Waals surface area contributed by atoms with Crippen LogP contribution in [0.1, 0.15) is 27.7 Å². The van der Waals surface area contributed by atoms with Crippen LogP contribution in [0.5, 0.6) is 0 Å². The zero-order valence-electron chi connectivity index (χ0n) is 14.9. The van der Waals surface area contributed by atoms with Crippen LogP contribution < -0.4 is 9.62 Å². The number of amides is 1. The fraction of sp³-hybridized carbons (Fsp3) is 0.412. The second-order valence-corrected chi connectivity index (χ2v) is 7.89. The van der Waals surface area contributed by atoms with Gasteiger partial charge in [0, 0.05) is 37.6 Å². The highest BCUT2D eigenvalue weighted by molar-refractivity contribution is 7.92. The van der Waals surface area contributed by atoms with Gasteiger partial charge < -0.3 is 4.90 Å². The monoisotopic (exact) mass is 364 g/mol. The van der Waals surface area contributed by atoms with Crippen LogP contribution >= 0.6 is 0 Å². The van der Waals surface area contributed by atoms with Gasteiger partial charge in [-0.25, -0.2) is 8.42 Å². The van der Waals surface area contributed by atoms with Gasteiger partial charge in [0.2, 0.25) is 5.91 Å². The van der Waals surface area contributed by atoms with Gasteiger partial charge in [0.15, 0.2) is 0 Å². The number of sulfonamides is 1. The van der Waals surface area contributed by atoms with Crippen LogP contribution in [0.2, 0.25) is 0 Å². The topological polar surface area (TPSA) is 84.3 Å². The Balaban J connectivity index is 2.15. The average Bonchev–Trinajstić information content (AvgIpc) is 2.97. The Morgan fingerprint density at radius 3 is 2.44 bits per heavy atom. The molecule has 0 aliphatic heterocycles. The molecular weight excluding hydrogens is 340 g/mol. The van der Waals surface area contributed by atoms with E-state index in [9.17, 15) is 13.2 Å². The summed E-state index contributed by atoms with van der Waals surface area (Å²) in [6, 6.07) is 6.70. The van der Waals surface area contributed by atoms with E-state index in [1.807, 2.05) is 20.8 Å². The van der Waals surface area contributed by atoms with Gasteiger partial charge >= 0.3 is 0 Å². The number of rotatable bonds is 7. The van der Waals surface area contributed by atoms with Crippen LogP contribution in [-0.4, -0.2) is 30.7 Å². The molecule has 0 saturated carbocycles. The van der Waals surface area contributed by atoms with Crippen molar-refractivity contribution in [2.45, 2.75) is 39.1 Å². The maximum absolute atomic E-state index is 12.5. The zero-order valence-corrected chi connectivity index (χ0v) is 15.7. The molecule has 2 aromatic rings. The van der Waals surface area contributed by atoms with E-state index >= 15 is 0 Å². The van der Waals surface area contributed by atoms with Crippen molar-refractivity contribution in [3.05, 3.63) is 36.7 Å². The first kappa shape index (κ1) is 19.0. The second kappa shape index (κ2) is 7.69. The van der Waals surface area contributed by atoms with E-state index in [0.29, 0.717) is 24.7 Å². The molecule has 0 aliphatic rings.